The molecule has 26 heavy (non-hydrogen) atoms. The van der Waals surface area contributed by atoms with E-state index in [4.69, 9.17) is 0 Å². The summed E-state index contributed by atoms with van der Waals surface area (Å²) in [6.45, 7) is 2.53. The minimum atomic E-state index is -0.342. The number of aromatic hydroxyl groups is 1. The summed E-state index contributed by atoms with van der Waals surface area (Å²) in [6.07, 6.45) is -0.342. The molecule has 0 aliphatic carbocycles. The van der Waals surface area contributed by atoms with Crippen LogP contribution in [-0.4, -0.2) is 15.9 Å². The van der Waals surface area contributed by atoms with Crippen LogP contribution in [0.25, 0.3) is 0 Å². The van der Waals surface area contributed by atoms with Crippen LogP contribution in [0.4, 0.5) is 5.69 Å². The van der Waals surface area contributed by atoms with Gasteiger partial charge in [0, 0.05) is 12.2 Å². The minimum Gasteiger partial charge on any atom is -0.508 e. The number of anilines is 1. The lowest BCUT2D eigenvalue weighted by Gasteiger charge is -2.38. The summed E-state index contributed by atoms with van der Waals surface area (Å²) in [5, 5.41) is 13.3. The SMILES string of the molecule is Cc1ccc(CN2C(=O)c3ccccc3N[C@@H]2c2cccc(O)c2)cc1. The first-order chi connectivity index (χ1) is 12.6. The number of hydrogen-bond donors (Lipinski definition) is 2. The number of rotatable bonds is 3. The number of phenols is 1. The van der Waals surface area contributed by atoms with E-state index in [-0.39, 0.29) is 17.8 Å². The first-order valence-electron chi connectivity index (χ1n) is 8.63. The second-order valence-electron chi connectivity index (χ2n) is 6.61. The Kier molecular flexibility index (Phi) is 4.09. The minimum absolute atomic E-state index is 0.0201. The molecule has 1 aliphatic heterocycles. The van der Waals surface area contributed by atoms with Gasteiger partial charge in [-0.2, -0.15) is 0 Å². The summed E-state index contributed by atoms with van der Waals surface area (Å²) < 4.78 is 0. The van der Waals surface area contributed by atoms with E-state index in [1.165, 1.54) is 5.56 Å². The highest BCUT2D eigenvalue weighted by atomic mass is 16.3. The van der Waals surface area contributed by atoms with Crippen molar-refractivity contribution in [3.05, 3.63) is 95.1 Å². The molecule has 4 nitrogen and oxygen atoms in total. The number of carbonyl (C=O) groups is 1. The molecule has 130 valence electrons. The standard InChI is InChI=1S/C22H20N2O2/c1-15-9-11-16(12-10-15)14-24-21(17-5-4-6-18(25)13-17)23-20-8-3-2-7-19(20)22(24)26/h2-13,21,23,25H,14H2,1H3/t21-/m0/s1. The highest BCUT2D eigenvalue weighted by Gasteiger charge is 2.32. The smallest absolute Gasteiger partial charge is 0.258 e. The quantitative estimate of drug-likeness (QED) is 0.737. The predicted molar refractivity (Wildman–Crippen MR) is 102 cm³/mol. The van der Waals surface area contributed by atoms with Crippen LogP contribution in [0.2, 0.25) is 0 Å². The third-order valence-corrected chi connectivity index (χ3v) is 4.68. The molecule has 0 saturated heterocycles. The van der Waals surface area contributed by atoms with Gasteiger partial charge in [0.25, 0.3) is 5.91 Å². The second kappa shape index (κ2) is 6.56. The van der Waals surface area contributed by atoms with Crippen molar-refractivity contribution in [2.45, 2.75) is 19.6 Å². The molecular weight excluding hydrogens is 324 g/mol. The Balaban J connectivity index is 1.75. The summed E-state index contributed by atoms with van der Waals surface area (Å²) in [7, 11) is 0. The van der Waals surface area contributed by atoms with E-state index in [9.17, 15) is 9.90 Å². The van der Waals surface area contributed by atoms with Crippen molar-refractivity contribution in [1.29, 1.82) is 0 Å². The lowest BCUT2D eigenvalue weighted by molar-refractivity contribution is 0.0666. The first-order valence-corrected chi connectivity index (χ1v) is 8.63. The lowest BCUT2D eigenvalue weighted by Crippen LogP contribution is -2.42. The maximum Gasteiger partial charge on any atom is 0.258 e. The summed E-state index contributed by atoms with van der Waals surface area (Å²) in [4.78, 5) is 15.0. The molecule has 3 aromatic carbocycles. The van der Waals surface area contributed by atoms with E-state index < -0.39 is 0 Å². The Morgan fingerprint density at radius 3 is 2.54 bits per heavy atom. The Bertz CT molecular complexity index is 950. The van der Waals surface area contributed by atoms with E-state index in [1.54, 1.807) is 18.2 Å². The number of amides is 1. The van der Waals surface area contributed by atoms with Crippen molar-refractivity contribution in [2.24, 2.45) is 0 Å². The molecular formula is C22H20N2O2. The topological polar surface area (TPSA) is 52.6 Å². The van der Waals surface area contributed by atoms with Gasteiger partial charge in [-0.1, -0.05) is 54.1 Å². The Labute approximate surface area is 152 Å². The van der Waals surface area contributed by atoms with E-state index in [1.807, 2.05) is 54.3 Å². The summed E-state index contributed by atoms with van der Waals surface area (Å²) in [6, 6.07) is 22.8. The molecule has 0 saturated carbocycles. The van der Waals surface area contributed by atoms with Gasteiger partial charge in [0.2, 0.25) is 0 Å². The van der Waals surface area contributed by atoms with Gasteiger partial charge >= 0.3 is 0 Å². The zero-order valence-corrected chi connectivity index (χ0v) is 14.5. The number of fused-ring (bicyclic) bond motifs is 1. The number of carbonyl (C=O) groups excluding carboxylic acids is 1. The van der Waals surface area contributed by atoms with Crippen LogP contribution in [-0.2, 0) is 6.54 Å². The van der Waals surface area contributed by atoms with Gasteiger partial charge < -0.3 is 15.3 Å². The molecule has 0 fully saturated rings. The third kappa shape index (κ3) is 3.02. The zero-order valence-electron chi connectivity index (χ0n) is 14.5. The molecule has 2 N–H and O–H groups in total. The van der Waals surface area contributed by atoms with E-state index in [0.717, 1.165) is 16.8 Å². The van der Waals surface area contributed by atoms with Gasteiger partial charge in [-0.05, 0) is 42.3 Å². The fourth-order valence-corrected chi connectivity index (χ4v) is 3.30. The van der Waals surface area contributed by atoms with E-state index >= 15 is 0 Å². The molecule has 4 heteroatoms. The Morgan fingerprint density at radius 2 is 1.77 bits per heavy atom. The number of para-hydroxylation sites is 1. The monoisotopic (exact) mass is 344 g/mol. The van der Waals surface area contributed by atoms with Crippen molar-refractivity contribution in [2.75, 3.05) is 5.32 Å². The van der Waals surface area contributed by atoms with E-state index in [2.05, 4.69) is 17.4 Å². The van der Waals surface area contributed by atoms with Gasteiger partial charge in [-0.15, -0.1) is 0 Å². The number of benzene rings is 3. The molecule has 0 unspecified atom stereocenters. The van der Waals surface area contributed by atoms with Gasteiger partial charge in [-0.25, -0.2) is 0 Å². The van der Waals surface area contributed by atoms with Gasteiger partial charge in [-0.3, -0.25) is 4.79 Å². The molecule has 0 bridgehead atoms. The maximum absolute atomic E-state index is 13.2. The van der Waals surface area contributed by atoms with Crippen molar-refractivity contribution in [3.8, 4) is 5.75 Å². The van der Waals surface area contributed by atoms with Crippen LogP contribution in [0.5, 0.6) is 5.75 Å². The lowest BCUT2D eigenvalue weighted by atomic mass is 10.0. The zero-order chi connectivity index (χ0) is 18.1. The maximum atomic E-state index is 13.2. The van der Waals surface area contributed by atoms with Crippen molar-refractivity contribution >= 4 is 11.6 Å². The number of phenolic OH excluding ortho intramolecular Hbond substituents is 1. The van der Waals surface area contributed by atoms with Crippen LogP contribution in [0.15, 0.2) is 72.8 Å². The van der Waals surface area contributed by atoms with Crippen molar-refractivity contribution < 1.29 is 9.90 Å². The average Bonchev–Trinajstić information content (AvgIpc) is 2.65. The predicted octanol–water partition coefficient (Wildman–Crippen LogP) is 4.47. The number of nitrogens with zero attached hydrogens (tertiary/aromatic N) is 1. The van der Waals surface area contributed by atoms with Crippen LogP contribution in [0, 0.1) is 6.92 Å². The fraction of sp³-hybridized carbons (Fsp3) is 0.136. The van der Waals surface area contributed by atoms with Crippen molar-refractivity contribution in [3.63, 3.8) is 0 Å². The average molecular weight is 344 g/mol. The highest BCUT2D eigenvalue weighted by molar-refractivity contribution is 6.01. The van der Waals surface area contributed by atoms with Crippen LogP contribution in [0.3, 0.4) is 0 Å². The summed E-state index contributed by atoms with van der Waals surface area (Å²) in [5.41, 5.74) is 4.57. The normalized spacial score (nSPS) is 16.1. The molecule has 0 spiro atoms. The molecule has 1 amide bonds. The molecule has 1 atom stereocenters. The first kappa shape index (κ1) is 16.2. The second-order valence-corrected chi connectivity index (χ2v) is 6.61. The Morgan fingerprint density at radius 1 is 1.00 bits per heavy atom. The third-order valence-electron chi connectivity index (χ3n) is 4.68. The van der Waals surface area contributed by atoms with Crippen molar-refractivity contribution in [1.82, 2.24) is 4.90 Å². The molecule has 3 aromatic rings. The Hall–Kier alpha value is -3.27. The summed E-state index contributed by atoms with van der Waals surface area (Å²) in [5.74, 6) is 0.166. The highest BCUT2D eigenvalue weighted by Crippen LogP contribution is 2.34. The fourth-order valence-electron chi connectivity index (χ4n) is 3.30. The molecule has 1 heterocycles. The van der Waals surface area contributed by atoms with Crippen LogP contribution >= 0.6 is 0 Å². The summed E-state index contributed by atoms with van der Waals surface area (Å²) >= 11 is 0. The number of nitrogens with one attached hydrogen (secondary N) is 1. The molecule has 1 aliphatic rings. The van der Waals surface area contributed by atoms with Crippen LogP contribution < -0.4 is 5.32 Å². The molecule has 0 aromatic heterocycles. The van der Waals surface area contributed by atoms with Gasteiger partial charge in [0.15, 0.2) is 0 Å². The molecule has 0 radical (unpaired) electrons. The van der Waals surface area contributed by atoms with Gasteiger partial charge in [0.1, 0.15) is 11.9 Å². The molecule has 4 rings (SSSR count). The largest absolute Gasteiger partial charge is 0.508 e. The van der Waals surface area contributed by atoms with Crippen LogP contribution in [0.1, 0.15) is 33.2 Å². The van der Waals surface area contributed by atoms with Gasteiger partial charge in [0.05, 0.1) is 5.56 Å². The number of hydrogen-bond acceptors (Lipinski definition) is 3. The van der Waals surface area contributed by atoms with E-state index in [0.29, 0.717) is 12.1 Å². The number of aryl methyl sites for hydroxylation is 1.